The average Bonchev–Trinajstić information content (AvgIpc) is 2.85. The summed E-state index contributed by atoms with van der Waals surface area (Å²) >= 11 is 0. The molecule has 0 unspecified atom stereocenters. The van der Waals surface area contributed by atoms with E-state index in [2.05, 4.69) is 29.6 Å². The lowest BCUT2D eigenvalue weighted by molar-refractivity contribution is 0.399. The molecule has 0 amide bonds. The Hall–Kier alpha value is -2.00. The first-order chi connectivity index (χ1) is 10.3. The highest BCUT2D eigenvalue weighted by Crippen LogP contribution is 2.48. The Balaban J connectivity index is 1.93. The molecule has 0 bridgehead atoms. The quantitative estimate of drug-likeness (QED) is 0.705. The fraction of sp³-hybridized carbons (Fsp3) is 0.333. The van der Waals surface area contributed by atoms with E-state index in [-0.39, 0.29) is 17.4 Å². The zero-order chi connectivity index (χ0) is 14.4. The molecule has 0 fully saturated rings. The van der Waals surface area contributed by atoms with Crippen molar-refractivity contribution >= 4 is 0 Å². The molecule has 21 heavy (non-hydrogen) atoms. The minimum atomic E-state index is 0.0206. The number of phenolic OH excluding ortho intramolecular Hbond substituents is 2. The SMILES string of the molecule is Oc1cc2c3c(c1O)CC[C@@H]3CNC[C@@H]2c1ccccc1. The lowest BCUT2D eigenvalue weighted by atomic mass is 9.85. The lowest BCUT2D eigenvalue weighted by Crippen LogP contribution is -2.22. The first-order valence-electron chi connectivity index (χ1n) is 7.59. The van der Waals surface area contributed by atoms with Crippen LogP contribution in [0.5, 0.6) is 11.5 Å². The molecule has 1 aliphatic carbocycles. The topological polar surface area (TPSA) is 52.5 Å². The van der Waals surface area contributed by atoms with Crippen molar-refractivity contribution in [1.29, 1.82) is 0 Å². The van der Waals surface area contributed by atoms with Crippen LogP contribution in [-0.4, -0.2) is 23.3 Å². The molecule has 0 saturated heterocycles. The second-order valence-corrected chi connectivity index (χ2v) is 6.08. The predicted molar refractivity (Wildman–Crippen MR) is 82.0 cm³/mol. The van der Waals surface area contributed by atoms with Gasteiger partial charge in [-0.2, -0.15) is 0 Å². The molecule has 0 radical (unpaired) electrons. The van der Waals surface area contributed by atoms with Crippen molar-refractivity contribution in [3.63, 3.8) is 0 Å². The number of phenols is 2. The number of rotatable bonds is 1. The Morgan fingerprint density at radius 2 is 1.86 bits per heavy atom. The van der Waals surface area contributed by atoms with Crippen LogP contribution in [0.3, 0.4) is 0 Å². The van der Waals surface area contributed by atoms with E-state index < -0.39 is 0 Å². The fourth-order valence-corrected chi connectivity index (χ4v) is 3.93. The summed E-state index contributed by atoms with van der Waals surface area (Å²) in [5.41, 5.74) is 4.66. The lowest BCUT2D eigenvalue weighted by Gasteiger charge is -2.20. The van der Waals surface area contributed by atoms with Crippen LogP contribution < -0.4 is 5.32 Å². The van der Waals surface area contributed by atoms with Crippen LogP contribution in [0.25, 0.3) is 0 Å². The van der Waals surface area contributed by atoms with Crippen LogP contribution in [-0.2, 0) is 6.42 Å². The molecule has 2 aromatic rings. The van der Waals surface area contributed by atoms with E-state index in [1.54, 1.807) is 6.07 Å². The van der Waals surface area contributed by atoms with Gasteiger partial charge in [0.05, 0.1) is 0 Å². The summed E-state index contributed by atoms with van der Waals surface area (Å²) < 4.78 is 0. The molecule has 2 aromatic carbocycles. The maximum atomic E-state index is 10.2. The van der Waals surface area contributed by atoms with Gasteiger partial charge in [0.1, 0.15) is 0 Å². The molecule has 1 aliphatic heterocycles. The van der Waals surface area contributed by atoms with Crippen molar-refractivity contribution in [2.45, 2.75) is 24.7 Å². The molecule has 4 rings (SSSR count). The summed E-state index contributed by atoms with van der Waals surface area (Å²) in [6.07, 6.45) is 1.91. The second kappa shape index (κ2) is 4.78. The third-order valence-corrected chi connectivity index (χ3v) is 4.92. The van der Waals surface area contributed by atoms with Gasteiger partial charge < -0.3 is 15.5 Å². The highest BCUT2D eigenvalue weighted by atomic mass is 16.3. The van der Waals surface area contributed by atoms with Crippen molar-refractivity contribution in [2.75, 3.05) is 13.1 Å². The van der Waals surface area contributed by atoms with Gasteiger partial charge in [0.15, 0.2) is 11.5 Å². The van der Waals surface area contributed by atoms with Crippen molar-refractivity contribution in [3.05, 3.63) is 58.7 Å². The molecule has 0 spiro atoms. The maximum absolute atomic E-state index is 10.2. The second-order valence-electron chi connectivity index (χ2n) is 6.08. The van der Waals surface area contributed by atoms with Gasteiger partial charge in [-0.25, -0.2) is 0 Å². The Morgan fingerprint density at radius 1 is 1.05 bits per heavy atom. The van der Waals surface area contributed by atoms with Gasteiger partial charge in [0.25, 0.3) is 0 Å². The number of aromatic hydroxyl groups is 2. The molecule has 0 aromatic heterocycles. The third kappa shape index (κ3) is 1.92. The van der Waals surface area contributed by atoms with Crippen LogP contribution in [0.1, 0.15) is 40.5 Å². The summed E-state index contributed by atoms with van der Waals surface area (Å²) in [4.78, 5) is 0. The number of hydrogen-bond acceptors (Lipinski definition) is 3. The summed E-state index contributed by atoms with van der Waals surface area (Å²) in [6, 6.07) is 12.2. The Kier molecular flexibility index (Phi) is 2.89. The molecular weight excluding hydrogens is 262 g/mol. The molecule has 108 valence electrons. The molecule has 3 nitrogen and oxygen atoms in total. The summed E-state index contributed by atoms with van der Waals surface area (Å²) in [6.45, 7) is 1.82. The van der Waals surface area contributed by atoms with Crippen molar-refractivity contribution in [2.24, 2.45) is 0 Å². The van der Waals surface area contributed by atoms with E-state index in [9.17, 15) is 10.2 Å². The summed E-state index contributed by atoms with van der Waals surface area (Å²) in [5.74, 6) is 0.793. The van der Waals surface area contributed by atoms with Gasteiger partial charge in [0.2, 0.25) is 0 Å². The van der Waals surface area contributed by atoms with Crippen LogP contribution in [0, 0.1) is 0 Å². The highest BCUT2D eigenvalue weighted by molar-refractivity contribution is 5.59. The largest absolute Gasteiger partial charge is 0.504 e. The maximum Gasteiger partial charge on any atom is 0.160 e. The van der Waals surface area contributed by atoms with E-state index in [0.717, 1.165) is 31.5 Å². The van der Waals surface area contributed by atoms with Crippen molar-refractivity contribution in [1.82, 2.24) is 5.32 Å². The minimum Gasteiger partial charge on any atom is -0.504 e. The molecule has 0 saturated carbocycles. The Bertz CT molecular complexity index is 681. The smallest absolute Gasteiger partial charge is 0.160 e. The number of nitrogens with one attached hydrogen (secondary N) is 1. The van der Waals surface area contributed by atoms with Gasteiger partial charge >= 0.3 is 0 Å². The highest BCUT2D eigenvalue weighted by Gasteiger charge is 2.34. The summed E-state index contributed by atoms with van der Waals surface area (Å²) in [7, 11) is 0. The summed E-state index contributed by atoms with van der Waals surface area (Å²) in [5, 5.41) is 23.8. The van der Waals surface area contributed by atoms with E-state index in [0.29, 0.717) is 5.92 Å². The predicted octanol–water partition coefficient (Wildman–Crippen LogP) is 2.86. The Morgan fingerprint density at radius 3 is 2.67 bits per heavy atom. The Labute approximate surface area is 124 Å². The van der Waals surface area contributed by atoms with Gasteiger partial charge in [-0.3, -0.25) is 0 Å². The third-order valence-electron chi connectivity index (χ3n) is 4.92. The first kappa shape index (κ1) is 12.7. The van der Waals surface area contributed by atoms with Gasteiger partial charge in [0, 0.05) is 24.6 Å². The van der Waals surface area contributed by atoms with Crippen LogP contribution in [0.2, 0.25) is 0 Å². The average molecular weight is 281 g/mol. The van der Waals surface area contributed by atoms with E-state index >= 15 is 0 Å². The molecule has 3 heteroatoms. The van der Waals surface area contributed by atoms with Gasteiger partial charge in [-0.1, -0.05) is 30.3 Å². The molecule has 2 atom stereocenters. The molecule has 1 heterocycles. The van der Waals surface area contributed by atoms with E-state index in [1.807, 2.05) is 6.07 Å². The van der Waals surface area contributed by atoms with Crippen LogP contribution >= 0.6 is 0 Å². The number of hydrogen-bond donors (Lipinski definition) is 3. The fourth-order valence-electron chi connectivity index (χ4n) is 3.93. The van der Waals surface area contributed by atoms with Gasteiger partial charge in [-0.15, -0.1) is 0 Å². The van der Waals surface area contributed by atoms with Crippen LogP contribution in [0.15, 0.2) is 36.4 Å². The zero-order valence-corrected chi connectivity index (χ0v) is 11.8. The zero-order valence-electron chi connectivity index (χ0n) is 11.8. The minimum absolute atomic E-state index is 0.0206. The van der Waals surface area contributed by atoms with Crippen molar-refractivity contribution < 1.29 is 10.2 Å². The molecule has 2 aliphatic rings. The van der Waals surface area contributed by atoms with E-state index in [4.69, 9.17) is 0 Å². The standard InChI is InChI=1S/C18H19NO2/c20-16-8-14-15(11-4-2-1-3-5-11)10-19-9-12-6-7-13(17(12)14)18(16)21/h1-5,8,12,15,19-21H,6-7,9-10H2/t12-,15-/m1/s1. The first-order valence-corrected chi connectivity index (χ1v) is 7.59. The monoisotopic (exact) mass is 281 g/mol. The van der Waals surface area contributed by atoms with E-state index in [1.165, 1.54) is 16.7 Å². The van der Waals surface area contributed by atoms with Gasteiger partial charge in [-0.05, 0) is 41.5 Å². The normalized spacial score (nSPS) is 23.6. The van der Waals surface area contributed by atoms with Crippen LogP contribution in [0.4, 0.5) is 0 Å². The number of benzene rings is 2. The van der Waals surface area contributed by atoms with Crippen molar-refractivity contribution in [3.8, 4) is 11.5 Å². The molecule has 3 N–H and O–H groups in total. The molecular formula is C18H19NO2.